The van der Waals surface area contributed by atoms with Crippen LogP contribution in [0.2, 0.25) is 0 Å². The molecule has 2 N–H and O–H groups in total. The van der Waals surface area contributed by atoms with Crippen LogP contribution < -0.4 is 5.73 Å². The first-order valence-electron chi connectivity index (χ1n) is 6.86. The van der Waals surface area contributed by atoms with Crippen LogP contribution in [0.4, 0.5) is 0 Å². The van der Waals surface area contributed by atoms with Crippen molar-refractivity contribution >= 4 is 0 Å². The van der Waals surface area contributed by atoms with Gasteiger partial charge in [0.2, 0.25) is 0 Å². The molecule has 0 amide bonds. The Kier molecular flexibility index (Phi) is 3.36. The van der Waals surface area contributed by atoms with Gasteiger partial charge in [0.05, 0.1) is 0 Å². The lowest BCUT2D eigenvalue weighted by Gasteiger charge is -2.23. The Balaban J connectivity index is 1.88. The molecule has 0 aliphatic carbocycles. The molecular formula is C17H20N2. The fourth-order valence-electron chi connectivity index (χ4n) is 3.02. The second-order valence-electron chi connectivity index (χ2n) is 5.28. The van der Waals surface area contributed by atoms with Crippen LogP contribution in [0.1, 0.15) is 28.3 Å². The molecule has 0 aromatic heterocycles. The number of hydrogen-bond acceptors (Lipinski definition) is 2. The third-order valence-corrected chi connectivity index (χ3v) is 4.06. The van der Waals surface area contributed by atoms with E-state index >= 15 is 0 Å². The van der Waals surface area contributed by atoms with Gasteiger partial charge in [0, 0.05) is 25.7 Å². The Morgan fingerprint density at radius 2 is 1.89 bits per heavy atom. The lowest BCUT2D eigenvalue weighted by molar-refractivity contribution is 0.211. The molecule has 2 heteroatoms. The third kappa shape index (κ3) is 2.29. The Morgan fingerprint density at radius 1 is 1.11 bits per heavy atom. The van der Waals surface area contributed by atoms with E-state index in [4.69, 9.17) is 5.73 Å². The molecule has 0 fully saturated rings. The summed E-state index contributed by atoms with van der Waals surface area (Å²) in [5.74, 6) is 0. The van der Waals surface area contributed by atoms with Crippen molar-refractivity contribution < 1.29 is 0 Å². The van der Waals surface area contributed by atoms with E-state index in [1.54, 1.807) is 0 Å². The van der Waals surface area contributed by atoms with Crippen LogP contribution in [0.3, 0.4) is 0 Å². The number of nitrogens with zero attached hydrogens (tertiary/aromatic N) is 1. The minimum absolute atomic E-state index is 0.357. The molecule has 0 saturated carbocycles. The van der Waals surface area contributed by atoms with Crippen molar-refractivity contribution in [1.29, 1.82) is 0 Å². The minimum atomic E-state index is 0.357. The van der Waals surface area contributed by atoms with Crippen molar-refractivity contribution in [3.63, 3.8) is 0 Å². The molecule has 1 aliphatic rings. The first kappa shape index (κ1) is 12.4. The number of fused-ring (bicyclic) bond motifs is 1. The van der Waals surface area contributed by atoms with Crippen molar-refractivity contribution in [1.82, 2.24) is 4.90 Å². The Labute approximate surface area is 114 Å². The van der Waals surface area contributed by atoms with E-state index < -0.39 is 0 Å². The average molecular weight is 252 g/mol. The maximum absolute atomic E-state index is 6.00. The van der Waals surface area contributed by atoms with Crippen LogP contribution in [-0.2, 0) is 13.1 Å². The molecule has 2 nitrogen and oxygen atoms in total. The fourth-order valence-corrected chi connectivity index (χ4v) is 3.02. The monoisotopic (exact) mass is 252 g/mol. The van der Waals surface area contributed by atoms with Crippen LogP contribution in [-0.4, -0.2) is 11.4 Å². The molecule has 1 atom stereocenters. The van der Waals surface area contributed by atoms with Gasteiger partial charge in [-0.3, -0.25) is 4.90 Å². The van der Waals surface area contributed by atoms with Gasteiger partial charge in [0.1, 0.15) is 0 Å². The molecule has 3 rings (SSSR count). The summed E-state index contributed by atoms with van der Waals surface area (Å²) in [6.45, 7) is 4.86. The molecule has 0 radical (unpaired) electrons. The van der Waals surface area contributed by atoms with Crippen LogP contribution in [0, 0.1) is 6.92 Å². The van der Waals surface area contributed by atoms with E-state index in [0.717, 1.165) is 13.1 Å². The standard InChI is InChI=1S/C17H20N2/c1-13-6-5-9-15-16(13)12-19(17(15)10-18)11-14-7-3-2-4-8-14/h2-9,17H,10-12,18H2,1H3. The van der Waals surface area contributed by atoms with E-state index in [0.29, 0.717) is 12.6 Å². The molecule has 1 unspecified atom stereocenters. The van der Waals surface area contributed by atoms with E-state index in [-0.39, 0.29) is 0 Å². The van der Waals surface area contributed by atoms with E-state index in [1.165, 1.54) is 22.3 Å². The summed E-state index contributed by atoms with van der Waals surface area (Å²) in [5.41, 5.74) is 11.6. The smallest absolute Gasteiger partial charge is 0.0480 e. The van der Waals surface area contributed by atoms with Gasteiger partial charge >= 0.3 is 0 Å². The van der Waals surface area contributed by atoms with Crippen molar-refractivity contribution in [2.75, 3.05) is 6.54 Å². The Morgan fingerprint density at radius 3 is 2.63 bits per heavy atom. The molecule has 19 heavy (non-hydrogen) atoms. The zero-order valence-corrected chi connectivity index (χ0v) is 11.3. The molecule has 98 valence electrons. The van der Waals surface area contributed by atoms with Crippen LogP contribution in [0.25, 0.3) is 0 Å². The molecule has 2 aromatic rings. The summed E-state index contributed by atoms with van der Waals surface area (Å²) >= 11 is 0. The fraction of sp³-hybridized carbons (Fsp3) is 0.294. The quantitative estimate of drug-likeness (QED) is 0.910. The van der Waals surface area contributed by atoms with Gasteiger partial charge in [0.25, 0.3) is 0 Å². The van der Waals surface area contributed by atoms with Gasteiger partial charge < -0.3 is 5.73 Å². The largest absolute Gasteiger partial charge is 0.329 e. The minimum Gasteiger partial charge on any atom is -0.329 e. The summed E-state index contributed by atoms with van der Waals surface area (Å²) in [6, 6.07) is 17.5. The molecule has 1 aliphatic heterocycles. The first-order chi connectivity index (χ1) is 9.29. The van der Waals surface area contributed by atoms with E-state index in [2.05, 4.69) is 60.4 Å². The van der Waals surface area contributed by atoms with Crippen LogP contribution >= 0.6 is 0 Å². The summed E-state index contributed by atoms with van der Waals surface area (Å²) in [6.07, 6.45) is 0. The highest BCUT2D eigenvalue weighted by Crippen LogP contribution is 2.35. The van der Waals surface area contributed by atoms with Gasteiger partial charge in [-0.15, -0.1) is 0 Å². The van der Waals surface area contributed by atoms with E-state index in [9.17, 15) is 0 Å². The lowest BCUT2D eigenvalue weighted by Crippen LogP contribution is -2.27. The van der Waals surface area contributed by atoms with Gasteiger partial charge in [0.15, 0.2) is 0 Å². The van der Waals surface area contributed by atoms with E-state index in [1.807, 2.05) is 0 Å². The number of benzene rings is 2. The zero-order chi connectivity index (χ0) is 13.2. The summed E-state index contributed by atoms with van der Waals surface area (Å²) < 4.78 is 0. The highest BCUT2D eigenvalue weighted by atomic mass is 15.2. The highest BCUT2D eigenvalue weighted by molar-refractivity contribution is 5.40. The van der Waals surface area contributed by atoms with Gasteiger partial charge in [-0.2, -0.15) is 0 Å². The lowest BCUT2D eigenvalue weighted by atomic mass is 10.0. The summed E-state index contributed by atoms with van der Waals surface area (Å²) in [4.78, 5) is 2.48. The third-order valence-electron chi connectivity index (χ3n) is 4.06. The van der Waals surface area contributed by atoms with Crippen LogP contribution in [0.5, 0.6) is 0 Å². The second-order valence-corrected chi connectivity index (χ2v) is 5.28. The second kappa shape index (κ2) is 5.16. The first-order valence-corrected chi connectivity index (χ1v) is 6.86. The van der Waals surface area contributed by atoms with Crippen LogP contribution in [0.15, 0.2) is 48.5 Å². The number of nitrogens with two attached hydrogens (primary N) is 1. The zero-order valence-electron chi connectivity index (χ0n) is 11.3. The van der Waals surface area contributed by atoms with Gasteiger partial charge in [-0.25, -0.2) is 0 Å². The van der Waals surface area contributed by atoms with Gasteiger partial charge in [-0.1, -0.05) is 48.5 Å². The maximum atomic E-state index is 6.00. The average Bonchev–Trinajstić information content (AvgIpc) is 2.79. The molecule has 1 heterocycles. The summed E-state index contributed by atoms with van der Waals surface area (Å²) in [7, 11) is 0. The Bertz CT molecular complexity index is 563. The molecule has 0 saturated heterocycles. The predicted molar refractivity (Wildman–Crippen MR) is 78.7 cm³/mol. The highest BCUT2D eigenvalue weighted by Gasteiger charge is 2.29. The van der Waals surface area contributed by atoms with Crippen molar-refractivity contribution in [2.24, 2.45) is 5.73 Å². The number of rotatable bonds is 3. The molecular weight excluding hydrogens is 232 g/mol. The van der Waals surface area contributed by atoms with Crippen molar-refractivity contribution in [3.05, 3.63) is 70.8 Å². The normalized spacial score (nSPS) is 18.5. The SMILES string of the molecule is Cc1cccc2c1CN(Cc1ccccc1)C2CN. The molecule has 0 spiro atoms. The van der Waals surface area contributed by atoms with Gasteiger partial charge in [-0.05, 0) is 29.2 Å². The maximum Gasteiger partial charge on any atom is 0.0480 e. The summed E-state index contributed by atoms with van der Waals surface area (Å²) in [5, 5.41) is 0. The number of aryl methyl sites for hydroxylation is 1. The van der Waals surface area contributed by atoms with Crippen molar-refractivity contribution in [2.45, 2.75) is 26.1 Å². The Hall–Kier alpha value is -1.64. The molecule has 2 aromatic carbocycles. The molecule has 0 bridgehead atoms. The number of hydrogen-bond donors (Lipinski definition) is 1. The predicted octanol–water partition coefficient (Wildman–Crippen LogP) is 3.01. The topological polar surface area (TPSA) is 29.3 Å². The van der Waals surface area contributed by atoms with Crippen molar-refractivity contribution in [3.8, 4) is 0 Å².